The van der Waals surface area contributed by atoms with Gasteiger partial charge in [-0.3, -0.25) is 9.13 Å². The molecule has 0 aliphatic rings. The second kappa shape index (κ2) is 6.60. The lowest BCUT2D eigenvalue weighted by atomic mass is 10.0. The largest absolute Gasteiger partial charge is 0.344 e. The number of hydrogen-bond acceptors (Lipinski definition) is 2. The number of rotatable bonds is 3. The van der Waals surface area contributed by atoms with Gasteiger partial charge < -0.3 is 4.98 Å². The van der Waals surface area contributed by atoms with Gasteiger partial charge in [-0.15, -0.1) is 0 Å². The molecule has 0 aliphatic carbocycles. The van der Waals surface area contributed by atoms with Crippen molar-refractivity contribution in [3.8, 4) is 28.2 Å². The van der Waals surface area contributed by atoms with Crippen LogP contribution in [0.3, 0.4) is 0 Å². The summed E-state index contributed by atoms with van der Waals surface area (Å²) in [7, 11) is 1.77. The summed E-state index contributed by atoms with van der Waals surface area (Å²) in [5.41, 5.74) is 5.63. The van der Waals surface area contributed by atoms with Crippen molar-refractivity contribution in [2.45, 2.75) is 0 Å². The molecule has 1 N–H and O–H groups in total. The Bertz CT molecular complexity index is 1380. The average Bonchev–Trinajstić information content (AvgIpc) is 3.33. The molecule has 3 aromatic carbocycles. The summed E-state index contributed by atoms with van der Waals surface area (Å²) in [6.45, 7) is 0. The van der Waals surface area contributed by atoms with Crippen LogP contribution in [0.5, 0.6) is 0 Å². The molecule has 5 aromatic rings. The topological polar surface area (TPSA) is 55.6 Å². The Morgan fingerprint density at radius 2 is 1.62 bits per heavy atom. The van der Waals surface area contributed by atoms with Gasteiger partial charge >= 0.3 is 5.69 Å². The number of aromatic nitrogens is 4. The number of para-hydroxylation sites is 1. The summed E-state index contributed by atoms with van der Waals surface area (Å²) in [6, 6.07) is 21.7. The number of imidazole rings is 2. The lowest BCUT2D eigenvalue weighted by Gasteiger charge is -2.06. The van der Waals surface area contributed by atoms with Crippen molar-refractivity contribution in [1.82, 2.24) is 19.1 Å². The molecule has 0 atom stereocenters. The zero-order valence-corrected chi connectivity index (χ0v) is 15.6. The number of aromatic amines is 1. The van der Waals surface area contributed by atoms with Crippen molar-refractivity contribution in [1.29, 1.82) is 0 Å². The van der Waals surface area contributed by atoms with Crippen molar-refractivity contribution >= 4 is 11.0 Å². The molecule has 0 saturated carbocycles. The molecule has 0 saturated heterocycles. The molecule has 0 aliphatic heterocycles. The van der Waals surface area contributed by atoms with Crippen molar-refractivity contribution < 1.29 is 4.39 Å². The van der Waals surface area contributed by atoms with Gasteiger partial charge in [-0.05, 0) is 48.5 Å². The van der Waals surface area contributed by atoms with Crippen molar-refractivity contribution in [2.75, 3.05) is 0 Å². The molecule has 0 fully saturated rings. The first kappa shape index (κ1) is 17.2. The predicted octanol–water partition coefficient (Wildman–Crippen LogP) is 4.53. The fraction of sp³-hybridized carbons (Fsp3) is 0.0435. The number of hydrogen-bond donors (Lipinski definition) is 1. The van der Waals surface area contributed by atoms with E-state index in [2.05, 4.69) is 9.97 Å². The standard InChI is InChI=1S/C23H17FN4O/c1-27-20-13-16(22-21(25-14-26-22)15-7-10-17(24)11-8-15)9-12-19(20)28(23(27)29)18-5-3-2-4-6-18/h2-14H,1H3,(H,25,26). The quantitative estimate of drug-likeness (QED) is 0.497. The van der Waals surface area contributed by atoms with Gasteiger partial charge in [-0.2, -0.15) is 0 Å². The third-order valence-corrected chi connectivity index (χ3v) is 5.12. The molecular formula is C23H17FN4O. The first-order chi connectivity index (χ1) is 14.1. The summed E-state index contributed by atoms with van der Waals surface area (Å²) < 4.78 is 16.6. The van der Waals surface area contributed by atoms with Crippen molar-refractivity contribution in [2.24, 2.45) is 7.05 Å². The Morgan fingerprint density at radius 3 is 2.38 bits per heavy atom. The Hall–Kier alpha value is -3.93. The van der Waals surface area contributed by atoms with E-state index in [0.717, 1.165) is 39.2 Å². The fourth-order valence-electron chi connectivity index (χ4n) is 3.66. The van der Waals surface area contributed by atoms with Crippen LogP contribution in [0.2, 0.25) is 0 Å². The van der Waals surface area contributed by atoms with E-state index in [-0.39, 0.29) is 11.5 Å². The number of nitrogens with one attached hydrogen (secondary N) is 1. The van der Waals surface area contributed by atoms with Gasteiger partial charge in [0.25, 0.3) is 0 Å². The number of benzene rings is 3. The fourth-order valence-corrected chi connectivity index (χ4v) is 3.66. The summed E-state index contributed by atoms with van der Waals surface area (Å²) in [4.78, 5) is 20.5. The van der Waals surface area contributed by atoms with Crippen LogP contribution in [0, 0.1) is 5.82 Å². The monoisotopic (exact) mass is 384 g/mol. The van der Waals surface area contributed by atoms with E-state index in [1.165, 1.54) is 12.1 Å². The van der Waals surface area contributed by atoms with Crippen LogP contribution in [0.25, 0.3) is 39.2 Å². The highest BCUT2D eigenvalue weighted by molar-refractivity contribution is 5.86. The highest BCUT2D eigenvalue weighted by Gasteiger charge is 2.16. The van der Waals surface area contributed by atoms with Crippen LogP contribution in [0.15, 0.2) is 83.9 Å². The minimum Gasteiger partial charge on any atom is -0.344 e. The van der Waals surface area contributed by atoms with E-state index >= 15 is 0 Å². The number of nitrogens with zero attached hydrogens (tertiary/aromatic N) is 3. The Balaban J connectivity index is 1.68. The van der Waals surface area contributed by atoms with Crippen LogP contribution < -0.4 is 5.69 Å². The number of fused-ring (bicyclic) bond motifs is 1. The van der Waals surface area contributed by atoms with E-state index in [4.69, 9.17) is 0 Å². The maximum Gasteiger partial charge on any atom is 0.333 e. The molecule has 29 heavy (non-hydrogen) atoms. The third-order valence-electron chi connectivity index (χ3n) is 5.12. The van der Waals surface area contributed by atoms with Crippen LogP contribution >= 0.6 is 0 Å². The van der Waals surface area contributed by atoms with E-state index in [1.807, 2.05) is 48.5 Å². The second-order valence-corrected chi connectivity index (χ2v) is 6.85. The number of halogens is 1. The highest BCUT2D eigenvalue weighted by Crippen LogP contribution is 2.31. The molecule has 2 heterocycles. The molecule has 0 spiro atoms. The molecule has 0 unspecified atom stereocenters. The minimum absolute atomic E-state index is 0.105. The molecule has 0 bridgehead atoms. The second-order valence-electron chi connectivity index (χ2n) is 6.85. The van der Waals surface area contributed by atoms with E-state index in [1.54, 1.807) is 34.6 Å². The normalized spacial score (nSPS) is 11.2. The highest BCUT2D eigenvalue weighted by atomic mass is 19.1. The van der Waals surface area contributed by atoms with Gasteiger partial charge in [0.05, 0.1) is 34.4 Å². The molecule has 0 amide bonds. The molecular weight excluding hydrogens is 367 g/mol. The van der Waals surface area contributed by atoms with Gasteiger partial charge in [0.2, 0.25) is 0 Å². The van der Waals surface area contributed by atoms with Gasteiger partial charge in [0, 0.05) is 18.2 Å². The molecule has 5 rings (SSSR count). The van der Waals surface area contributed by atoms with Gasteiger partial charge in [0.15, 0.2) is 0 Å². The van der Waals surface area contributed by atoms with E-state index in [0.29, 0.717) is 0 Å². The van der Waals surface area contributed by atoms with E-state index < -0.39 is 0 Å². The average molecular weight is 384 g/mol. The lowest BCUT2D eigenvalue weighted by Crippen LogP contribution is -2.20. The predicted molar refractivity (Wildman–Crippen MR) is 111 cm³/mol. The van der Waals surface area contributed by atoms with Crippen molar-refractivity contribution in [3.63, 3.8) is 0 Å². The lowest BCUT2D eigenvalue weighted by molar-refractivity contribution is 0.628. The first-order valence-electron chi connectivity index (χ1n) is 9.20. The minimum atomic E-state index is -0.287. The summed E-state index contributed by atoms with van der Waals surface area (Å²) in [5, 5.41) is 0. The third kappa shape index (κ3) is 2.77. The maximum absolute atomic E-state index is 13.3. The van der Waals surface area contributed by atoms with Crippen LogP contribution in [0.4, 0.5) is 4.39 Å². The van der Waals surface area contributed by atoms with Crippen LogP contribution in [-0.2, 0) is 7.05 Å². The molecule has 2 aromatic heterocycles. The van der Waals surface area contributed by atoms with Gasteiger partial charge in [-0.1, -0.05) is 24.3 Å². The van der Waals surface area contributed by atoms with E-state index in [9.17, 15) is 9.18 Å². The zero-order valence-electron chi connectivity index (χ0n) is 15.6. The summed E-state index contributed by atoms with van der Waals surface area (Å²) in [6.07, 6.45) is 1.62. The molecule has 142 valence electrons. The Kier molecular flexibility index (Phi) is 3.91. The summed E-state index contributed by atoms with van der Waals surface area (Å²) >= 11 is 0. The molecule has 0 radical (unpaired) electrons. The van der Waals surface area contributed by atoms with Crippen LogP contribution in [-0.4, -0.2) is 19.1 Å². The zero-order chi connectivity index (χ0) is 20.0. The maximum atomic E-state index is 13.3. The summed E-state index contributed by atoms with van der Waals surface area (Å²) in [5.74, 6) is -0.287. The van der Waals surface area contributed by atoms with Gasteiger partial charge in [-0.25, -0.2) is 14.2 Å². The smallest absolute Gasteiger partial charge is 0.333 e. The number of H-pyrrole nitrogens is 1. The SMILES string of the molecule is Cn1c(=O)n(-c2ccccc2)c2ccc(-c3[nH]cnc3-c3ccc(F)cc3)cc21. The van der Waals surface area contributed by atoms with Gasteiger partial charge in [0.1, 0.15) is 5.82 Å². The van der Waals surface area contributed by atoms with Crippen molar-refractivity contribution in [3.05, 3.63) is 95.4 Å². The number of aryl methyl sites for hydroxylation is 1. The first-order valence-corrected chi connectivity index (χ1v) is 9.20. The molecule has 5 nitrogen and oxygen atoms in total. The Morgan fingerprint density at radius 1 is 0.897 bits per heavy atom. The van der Waals surface area contributed by atoms with Crippen LogP contribution in [0.1, 0.15) is 0 Å². The molecule has 6 heteroatoms. The Labute approximate surface area is 165 Å².